The van der Waals surface area contributed by atoms with E-state index < -0.39 is 6.30 Å². The summed E-state index contributed by atoms with van der Waals surface area (Å²) >= 11 is 0. The molecule has 0 saturated carbocycles. The quantitative estimate of drug-likeness (QED) is 0.260. The summed E-state index contributed by atoms with van der Waals surface area (Å²) in [5.74, 6) is 0. The Hall–Kier alpha value is -0.565. The van der Waals surface area contributed by atoms with Gasteiger partial charge in [0.05, 0.1) is 19.7 Å². The molecule has 3 heteroatoms. The largest absolute Gasteiger partial charge is 0.280 e. The van der Waals surface area contributed by atoms with Crippen molar-refractivity contribution >= 4 is 7.85 Å². The number of halogens is 1. The minimum absolute atomic E-state index is 0.276. The van der Waals surface area contributed by atoms with Crippen molar-refractivity contribution in [2.75, 3.05) is 14.1 Å². The van der Waals surface area contributed by atoms with E-state index in [1.54, 1.807) is 13.0 Å². The van der Waals surface area contributed by atoms with Crippen molar-refractivity contribution in [2.45, 2.75) is 20.1 Å². The first-order valence-corrected chi connectivity index (χ1v) is 4.12. The van der Waals surface area contributed by atoms with Crippen molar-refractivity contribution in [3.05, 3.63) is 23.8 Å². The number of alkyl halides is 1. The summed E-state index contributed by atoms with van der Waals surface area (Å²) in [5, 5.41) is 0. The lowest BCUT2D eigenvalue weighted by Gasteiger charge is -2.33. The highest BCUT2D eigenvalue weighted by atomic mass is 19.1. The average Bonchev–Trinajstić information content (AvgIpc) is 2.01. The Labute approximate surface area is 75.6 Å². The molecule has 0 bridgehead atoms. The molecule has 0 amide bonds. The van der Waals surface area contributed by atoms with Gasteiger partial charge in [0.25, 0.3) is 0 Å². The average molecular weight is 170 g/mol. The summed E-state index contributed by atoms with van der Waals surface area (Å²) in [4.78, 5) is 0. The summed E-state index contributed by atoms with van der Waals surface area (Å²) in [6, 6.07) is 0. The molecule has 12 heavy (non-hydrogen) atoms. The molecule has 1 atom stereocenters. The van der Waals surface area contributed by atoms with Crippen LogP contribution >= 0.6 is 0 Å². The molecule has 0 aromatic carbocycles. The van der Waals surface area contributed by atoms with Crippen molar-refractivity contribution in [3.63, 3.8) is 0 Å². The molecule has 0 radical (unpaired) electrons. The maximum Gasteiger partial charge on any atom is 0.232 e. The van der Waals surface area contributed by atoms with Crippen LogP contribution in [0, 0.1) is 0 Å². The van der Waals surface area contributed by atoms with Gasteiger partial charge in [-0.15, -0.1) is 0 Å². The van der Waals surface area contributed by atoms with Crippen LogP contribution in [-0.2, 0) is 0 Å². The number of rotatable bonds is 3. The smallest absolute Gasteiger partial charge is 0.232 e. The van der Waals surface area contributed by atoms with E-state index in [1.165, 1.54) is 0 Å². The Morgan fingerprint density at radius 2 is 2.00 bits per heavy atom. The van der Waals surface area contributed by atoms with Gasteiger partial charge < -0.3 is 0 Å². The zero-order chi connectivity index (χ0) is 9.94. The van der Waals surface area contributed by atoms with E-state index >= 15 is 0 Å². The van der Waals surface area contributed by atoms with Crippen LogP contribution < -0.4 is 0 Å². The van der Waals surface area contributed by atoms with E-state index in [-0.39, 0.29) is 4.48 Å². The Morgan fingerprint density at radius 1 is 1.58 bits per heavy atom. The van der Waals surface area contributed by atoms with Crippen LogP contribution in [-0.4, -0.2) is 32.7 Å². The van der Waals surface area contributed by atoms with Crippen LogP contribution in [0.3, 0.4) is 0 Å². The van der Waals surface area contributed by atoms with E-state index in [2.05, 4.69) is 6.58 Å². The Balaban J connectivity index is 4.91. The molecule has 68 valence electrons. The third-order valence-electron chi connectivity index (χ3n) is 2.63. The normalized spacial score (nSPS) is 16.8. The summed E-state index contributed by atoms with van der Waals surface area (Å²) in [7, 11) is 5.65. The number of quaternary nitrogens is 1. The van der Waals surface area contributed by atoms with Crippen molar-refractivity contribution in [2.24, 2.45) is 0 Å². The Morgan fingerprint density at radius 3 is 2.25 bits per heavy atom. The fraction of sp³-hybridized carbons (Fsp3) is 0.556. The number of hydrogen-bond donors (Lipinski definition) is 0. The molecular formula is C9H18BFN+. The van der Waals surface area contributed by atoms with Crippen LogP contribution in [0.15, 0.2) is 23.8 Å². The van der Waals surface area contributed by atoms with Crippen LogP contribution in [0.25, 0.3) is 0 Å². The van der Waals surface area contributed by atoms with Gasteiger partial charge in [0.15, 0.2) is 0 Å². The van der Waals surface area contributed by atoms with Gasteiger partial charge in [-0.25, -0.2) is 0 Å². The predicted octanol–water partition coefficient (Wildman–Crippen LogP) is 1.43. The summed E-state index contributed by atoms with van der Waals surface area (Å²) in [6.07, 6.45) is 0.873. The minimum atomic E-state index is -0.889. The van der Waals surface area contributed by atoms with Gasteiger partial charge in [0, 0.05) is 6.92 Å². The number of hydrogen-bond acceptors (Lipinski definition) is 0. The van der Waals surface area contributed by atoms with Crippen LogP contribution in [0.5, 0.6) is 0 Å². The van der Waals surface area contributed by atoms with Crippen LogP contribution in [0.2, 0.25) is 0 Å². The highest BCUT2D eigenvalue weighted by Gasteiger charge is 2.26. The molecule has 0 aliphatic carbocycles. The molecule has 1 nitrogen and oxygen atoms in total. The third-order valence-corrected chi connectivity index (χ3v) is 2.63. The van der Waals surface area contributed by atoms with Gasteiger partial charge in [-0.2, -0.15) is 4.39 Å². The van der Waals surface area contributed by atoms with Crippen molar-refractivity contribution in [1.82, 2.24) is 0 Å². The summed E-state index contributed by atoms with van der Waals surface area (Å²) in [6.45, 7) is 7.18. The Kier molecular flexibility index (Phi) is 3.72. The summed E-state index contributed by atoms with van der Waals surface area (Å²) in [5.41, 5.74) is 2.06. The molecule has 0 aliphatic heterocycles. The van der Waals surface area contributed by atoms with Gasteiger partial charge in [-0.3, -0.25) is 4.48 Å². The molecule has 0 fully saturated rings. The molecule has 0 unspecified atom stereocenters. The molecule has 0 aromatic heterocycles. The lowest BCUT2D eigenvalue weighted by molar-refractivity contribution is -0.886. The van der Waals surface area contributed by atoms with E-state index in [1.807, 2.05) is 28.9 Å². The van der Waals surface area contributed by atoms with Gasteiger partial charge in [-0.1, -0.05) is 12.7 Å². The zero-order valence-electron chi connectivity index (χ0n) is 8.69. The topological polar surface area (TPSA) is 0 Å². The fourth-order valence-corrected chi connectivity index (χ4v) is 0.869. The maximum absolute atomic E-state index is 13.1. The van der Waals surface area contributed by atoms with Crippen molar-refractivity contribution in [3.8, 4) is 0 Å². The molecule has 0 heterocycles. The highest BCUT2D eigenvalue weighted by molar-refractivity contribution is 6.20. The van der Waals surface area contributed by atoms with Crippen molar-refractivity contribution < 1.29 is 8.87 Å². The number of allylic oxidation sites excluding steroid dienone is 2. The fourth-order valence-electron chi connectivity index (χ4n) is 0.869. The molecule has 0 aliphatic rings. The SMILES string of the molecule is B/C(=C(\C)C=C)[N+](C)(C)[C@H](C)F. The second-order valence-electron chi connectivity index (χ2n) is 3.59. The van der Waals surface area contributed by atoms with Crippen LogP contribution in [0.1, 0.15) is 13.8 Å². The standard InChI is InChI=1S/C9H18BFN/c1-6-7(2)9(10)12(4,5)8(3)11/h6,8H,1,10H2,2-5H3/q+1/b9-7-/t8-/m1/s1. The first-order chi connectivity index (χ1) is 5.34. The summed E-state index contributed by atoms with van der Waals surface area (Å²) < 4.78 is 13.4. The second-order valence-corrected chi connectivity index (χ2v) is 3.59. The van der Waals surface area contributed by atoms with Crippen LogP contribution in [0.4, 0.5) is 4.39 Å². The van der Waals surface area contributed by atoms with Gasteiger partial charge >= 0.3 is 0 Å². The minimum Gasteiger partial charge on any atom is -0.280 e. The monoisotopic (exact) mass is 170 g/mol. The molecule has 0 saturated heterocycles. The second kappa shape index (κ2) is 3.90. The van der Waals surface area contributed by atoms with E-state index in [4.69, 9.17) is 0 Å². The zero-order valence-corrected chi connectivity index (χ0v) is 8.69. The highest BCUT2D eigenvalue weighted by Crippen LogP contribution is 2.18. The molecule has 0 rings (SSSR count). The number of nitrogens with zero attached hydrogens (tertiary/aromatic N) is 1. The van der Waals surface area contributed by atoms with E-state index in [0.29, 0.717) is 0 Å². The van der Waals surface area contributed by atoms with Crippen molar-refractivity contribution in [1.29, 1.82) is 0 Å². The lowest BCUT2D eigenvalue weighted by atomic mass is 9.95. The molecular weight excluding hydrogens is 152 g/mol. The first kappa shape index (κ1) is 11.4. The van der Waals surface area contributed by atoms with E-state index in [9.17, 15) is 4.39 Å². The lowest BCUT2D eigenvalue weighted by Crippen LogP contribution is -2.44. The molecule has 0 spiro atoms. The van der Waals surface area contributed by atoms with Gasteiger partial charge in [0.1, 0.15) is 0 Å². The molecule has 0 N–H and O–H groups in total. The Bertz CT molecular complexity index is 207. The predicted molar refractivity (Wildman–Crippen MR) is 54.1 cm³/mol. The molecule has 0 aromatic rings. The maximum atomic E-state index is 13.1. The third kappa shape index (κ3) is 2.21. The van der Waals surface area contributed by atoms with Gasteiger partial charge in [0.2, 0.25) is 14.1 Å². The van der Waals surface area contributed by atoms with Gasteiger partial charge in [-0.05, 0) is 12.5 Å². The first-order valence-electron chi connectivity index (χ1n) is 4.12. The van der Waals surface area contributed by atoms with E-state index in [0.717, 1.165) is 11.2 Å².